The molecule has 0 aliphatic heterocycles. The molecule has 10 aromatic rings. The standard InChI is InChI=1S/C56H39N3/c1-56(2)50-30-27-36-14-6-7-22-44(36)53(50)49-26-12-25-45(54(49)56)40-19-11-18-39(33-40)43-28-29-48(47-24-9-8-23-46(43)47)52-34-51(58-55(59-52)37-15-4-3-5-16-37)41-20-10-17-38(32-41)42-21-13-31-57-35-42/h3-35H,1-2H3. The maximum Gasteiger partial charge on any atom is 0.160 e. The lowest BCUT2D eigenvalue weighted by Gasteiger charge is -2.25. The molecule has 0 N–H and O–H groups in total. The SMILES string of the molecule is CC1(C)c2ccc3ccccc3c2-c2cccc(-c3cccc(-c4ccc(-c5cc(-c6cccc(-c7cccnc7)c6)nc(-c6ccccc6)n5)c5ccccc45)c3)c21. The van der Waals surface area contributed by atoms with E-state index in [-0.39, 0.29) is 5.41 Å². The highest BCUT2D eigenvalue weighted by atomic mass is 14.9. The molecule has 0 saturated heterocycles. The lowest BCUT2D eigenvalue weighted by atomic mass is 9.78. The summed E-state index contributed by atoms with van der Waals surface area (Å²) in [5.74, 6) is 0.694. The fraction of sp³-hybridized carbons (Fsp3) is 0.0536. The van der Waals surface area contributed by atoms with Gasteiger partial charge in [0.1, 0.15) is 0 Å². The highest BCUT2D eigenvalue weighted by Crippen LogP contribution is 2.54. The quantitative estimate of drug-likeness (QED) is 0.170. The average molecular weight is 754 g/mol. The number of pyridine rings is 1. The van der Waals surface area contributed by atoms with E-state index >= 15 is 0 Å². The lowest BCUT2D eigenvalue weighted by molar-refractivity contribution is 0.662. The van der Waals surface area contributed by atoms with Crippen LogP contribution in [-0.2, 0) is 5.41 Å². The number of benzene rings is 8. The molecule has 0 radical (unpaired) electrons. The predicted octanol–water partition coefficient (Wildman–Crippen LogP) is 14.5. The highest BCUT2D eigenvalue weighted by molar-refractivity contribution is 6.06. The fourth-order valence-corrected chi connectivity index (χ4v) is 9.36. The molecular weight excluding hydrogens is 715 g/mol. The van der Waals surface area contributed by atoms with Crippen LogP contribution in [0.5, 0.6) is 0 Å². The van der Waals surface area contributed by atoms with Crippen molar-refractivity contribution in [2.24, 2.45) is 0 Å². The molecule has 0 amide bonds. The van der Waals surface area contributed by atoms with Crippen LogP contribution in [0.3, 0.4) is 0 Å². The Morgan fingerprint density at radius 1 is 0.390 bits per heavy atom. The van der Waals surface area contributed by atoms with Crippen molar-refractivity contribution in [2.75, 3.05) is 0 Å². The van der Waals surface area contributed by atoms with Crippen molar-refractivity contribution in [3.63, 3.8) is 0 Å². The Bertz CT molecular complexity index is 3240. The van der Waals surface area contributed by atoms with E-state index in [2.05, 4.69) is 183 Å². The number of nitrogens with zero attached hydrogens (tertiary/aromatic N) is 3. The summed E-state index contributed by atoms with van der Waals surface area (Å²) in [5, 5.41) is 4.92. The predicted molar refractivity (Wildman–Crippen MR) is 245 cm³/mol. The summed E-state index contributed by atoms with van der Waals surface area (Å²) in [7, 11) is 0. The second-order valence-corrected chi connectivity index (χ2v) is 16.0. The third kappa shape index (κ3) is 5.85. The smallest absolute Gasteiger partial charge is 0.160 e. The number of fused-ring (bicyclic) bond motifs is 6. The van der Waals surface area contributed by atoms with E-state index in [1.807, 2.05) is 30.5 Å². The number of rotatable bonds is 6. The van der Waals surface area contributed by atoms with Gasteiger partial charge in [-0.15, -0.1) is 0 Å². The molecule has 278 valence electrons. The number of aromatic nitrogens is 3. The summed E-state index contributed by atoms with van der Waals surface area (Å²) in [6.45, 7) is 4.76. The topological polar surface area (TPSA) is 38.7 Å². The van der Waals surface area contributed by atoms with Gasteiger partial charge in [0.2, 0.25) is 0 Å². The largest absolute Gasteiger partial charge is 0.264 e. The lowest BCUT2D eigenvalue weighted by Crippen LogP contribution is -2.16. The van der Waals surface area contributed by atoms with Crippen molar-refractivity contribution in [3.8, 4) is 78.4 Å². The number of hydrogen-bond acceptors (Lipinski definition) is 3. The van der Waals surface area contributed by atoms with E-state index in [0.29, 0.717) is 5.82 Å². The van der Waals surface area contributed by atoms with Gasteiger partial charge in [-0.25, -0.2) is 9.97 Å². The summed E-state index contributed by atoms with van der Waals surface area (Å²) in [4.78, 5) is 14.8. The first-order valence-electron chi connectivity index (χ1n) is 20.3. The molecule has 3 heteroatoms. The van der Waals surface area contributed by atoms with Crippen molar-refractivity contribution < 1.29 is 0 Å². The van der Waals surface area contributed by atoms with Crippen LogP contribution >= 0.6 is 0 Å². The van der Waals surface area contributed by atoms with Gasteiger partial charge < -0.3 is 0 Å². The zero-order valence-electron chi connectivity index (χ0n) is 32.9. The van der Waals surface area contributed by atoms with Crippen molar-refractivity contribution in [3.05, 3.63) is 212 Å². The summed E-state index contributed by atoms with van der Waals surface area (Å²) in [6, 6.07) is 67.5. The van der Waals surface area contributed by atoms with Crippen LogP contribution in [0, 0.1) is 0 Å². The zero-order chi connectivity index (χ0) is 39.5. The Balaban J connectivity index is 1.04. The van der Waals surface area contributed by atoms with E-state index in [1.54, 1.807) is 6.20 Å². The van der Waals surface area contributed by atoms with Gasteiger partial charge in [0.15, 0.2) is 5.82 Å². The molecule has 2 heterocycles. The Labute approximate surface area is 344 Å². The molecule has 0 unspecified atom stereocenters. The molecule has 8 aromatic carbocycles. The second kappa shape index (κ2) is 13.9. The van der Waals surface area contributed by atoms with Crippen molar-refractivity contribution in [1.29, 1.82) is 0 Å². The van der Waals surface area contributed by atoms with Crippen LogP contribution in [0.1, 0.15) is 25.0 Å². The third-order valence-electron chi connectivity index (χ3n) is 12.2. The van der Waals surface area contributed by atoms with Crippen LogP contribution in [-0.4, -0.2) is 15.0 Å². The summed E-state index contributed by atoms with van der Waals surface area (Å²) in [5.41, 5.74) is 17.2. The normalized spacial score (nSPS) is 12.7. The van der Waals surface area contributed by atoms with Gasteiger partial charge in [0.05, 0.1) is 11.4 Å². The molecule has 59 heavy (non-hydrogen) atoms. The van der Waals surface area contributed by atoms with Crippen LogP contribution in [0.25, 0.3) is 100.0 Å². The van der Waals surface area contributed by atoms with Gasteiger partial charge in [0, 0.05) is 40.1 Å². The maximum atomic E-state index is 5.25. The van der Waals surface area contributed by atoms with Crippen LogP contribution in [0.4, 0.5) is 0 Å². The Hall–Kier alpha value is -7.49. The van der Waals surface area contributed by atoms with Gasteiger partial charge >= 0.3 is 0 Å². The Kier molecular flexibility index (Phi) is 8.16. The minimum absolute atomic E-state index is 0.148. The van der Waals surface area contributed by atoms with Gasteiger partial charge in [-0.2, -0.15) is 0 Å². The monoisotopic (exact) mass is 753 g/mol. The molecule has 11 rings (SSSR count). The molecule has 0 saturated carbocycles. The van der Waals surface area contributed by atoms with Gasteiger partial charge in [-0.05, 0) is 95.9 Å². The summed E-state index contributed by atoms with van der Waals surface area (Å²) < 4.78 is 0. The third-order valence-corrected chi connectivity index (χ3v) is 12.2. The van der Waals surface area contributed by atoms with Crippen LogP contribution in [0.2, 0.25) is 0 Å². The molecule has 1 aliphatic rings. The molecule has 0 spiro atoms. The molecule has 2 aromatic heterocycles. The van der Waals surface area contributed by atoms with E-state index < -0.39 is 0 Å². The average Bonchev–Trinajstić information content (AvgIpc) is 3.55. The highest BCUT2D eigenvalue weighted by Gasteiger charge is 2.38. The van der Waals surface area contributed by atoms with Gasteiger partial charge in [0.25, 0.3) is 0 Å². The van der Waals surface area contributed by atoms with Crippen LogP contribution in [0.15, 0.2) is 200 Å². The summed E-state index contributed by atoms with van der Waals surface area (Å²) in [6.07, 6.45) is 3.70. The molecule has 3 nitrogen and oxygen atoms in total. The minimum atomic E-state index is -0.148. The fourth-order valence-electron chi connectivity index (χ4n) is 9.36. The molecule has 0 bridgehead atoms. The van der Waals surface area contributed by atoms with Gasteiger partial charge in [-0.1, -0.05) is 178 Å². The molecule has 1 aliphatic carbocycles. The van der Waals surface area contributed by atoms with Crippen molar-refractivity contribution in [1.82, 2.24) is 15.0 Å². The minimum Gasteiger partial charge on any atom is -0.264 e. The van der Waals surface area contributed by atoms with Crippen molar-refractivity contribution in [2.45, 2.75) is 19.3 Å². The van der Waals surface area contributed by atoms with E-state index in [0.717, 1.165) is 44.6 Å². The zero-order valence-corrected chi connectivity index (χ0v) is 32.9. The molecule has 0 atom stereocenters. The van der Waals surface area contributed by atoms with Gasteiger partial charge in [-0.3, -0.25) is 4.98 Å². The molecule has 0 fully saturated rings. The van der Waals surface area contributed by atoms with Crippen LogP contribution < -0.4 is 0 Å². The first-order chi connectivity index (χ1) is 29.0. The summed E-state index contributed by atoms with van der Waals surface area (Å²) >= 11 is 0. The molecular formula is C56H39N3. The van der Waals surface area contributed by atoms with E-state index in [4.69, 9.17) is 9.97 Å². The van der Waals surface area contributed by atoms with Crippen molar-refractivity contribution >= 4 is 21.5 Å². The Morgan fingerprint density at radius 3 is 1.81 bits per heavy atom. The number of hydrogen-bond donors (Lipinski definition) is 0. The second-order valence-electron chi connectivity index (χ2n) is 16.0. The maximum absolute atomic E-state index is 5.25. The van der Waals surface area contributed by atoms with E-state index in [1.165, 1.54) is 60.7 Å². The first kappa shape index (κ1) is 34.7. The van der Waals surface area contributed by atoms with E-state index in [9.17, 15) is 0 Å². The first-order valence-corrected chi connectivity index (χ1v) is 20.3. The Morgan fingerprint density at radius 2 is 1.00 bits per heavy atom.